The predicted octanol–water partition coefficient (Wildman–Crippen LogP) is 2.16. The molecule has 1 N–H and O–H groups in total. The summed E-state index contributed by atoms with van der Waals surface area (Å²) in [5.74, 6) is -0.220. The normalized spacial score (nSPS) is 14.4. The molecule has 3 heterocycles. The van der Waals surface area contributed by atoms with Gasteiger partial charge in [-0.2, -0.15) is 4.98 Å². The Morgan fingerprint density at radius 1 is 1.15 bits per heavy atom. The number of aromatic nitrogens is 3. The SMILES string of the molecule is O=C(Cn1cnc2nc(N3CCCCC3)sc2c1=O)NCc1ccccc1. The van der Waals surface area contributed by atoms with Crippen LogP contribution >= 0.6 is 11.3 Å². The molecule has 4 rings (SSSR count). The van der Waals surface area contributed by atoms with Gasteiger partial charge in [0.05, 0.1) is 0 Å². The molecule has 0 spiro atoms. The first-order chi connectivity index (χ1) is 13.2. The highest BCUT2D eigenvalue weighted by Gasteiger charge is 2.18. The molecule has 1 aliphatic rings. The van der Waals surface area contributed by atoms with E-state index >= 15 is 0 Å². The Labute approximate surface area is 160 Å². The van der Waals surface area contributed by atoms with Gasteiger partial charge in [-0.15, -0.1) is 0 Å². The monoisotopic (exact) mass is 383 g/mol. The minimum Gasteiger partial charge on any atom is -0.350 e. The Bertz CT molecular complexity index is 992. The number of amides is 1. The smallest absolute Gasteiger partial charge is 0.273 e. The third-order valence-electron chi connectivity index (χ3n) is 4.65. The van der Waals surface area contributed by atoms with E-state index in [1.807, 2.05) is 30.3 Å². The lowest BCUT2D eigenvalue weighted by Crippen LogP contribution is -2.31. The molecule has 0 bridgehead atoms. The molecule has 2 aromatic heterocycles. The predicted molar refractivity (Wildman–Crippen MR) is 106 cm³/mol. The molecule has 140 valence electrons. The van der Waals surface area contributed by atoms with Gasteiger partial charge >= 0.3 is 0 Å². The average Bonchev–Trinajstić information content (AvgIpc) is 3.15. The number of nitrogens with one attached hydrogen (secondary N) is 1. The van der Waals surface area contributed by atoms with Crippen LogP contribution in [0, 0.1) is 0 Å². The number of nitrogens with zero attached hydrogens (tertiary/aromatic N) is 4. The largest absolute Gasteiger partial charge is 0.350 e. The van der Waals surface area contributed by atoms with Gasteiger partial charge in [-0.3, -0.25) is 14.2 Å². The van der Waals surface area contributed by atoms with Gasteiger partial charge in [-0.25, -0.2) is 4.98 Å². The van der Waals surface area contributed by atoms with Crippen LogP contribution in [0.1, 0.15) is 24.8 Å². The van der Waals surface area contributed by atoms with Crippen molar-refractivity contribution in [2.45, 2.75) is 32.4 Å². The van der Waals surface area contributed by atoms with Crippen LogP contribution in [0.15, 0.2) is 41.5 Å². The van der Waals surface area contributed by atoms with Gasteiger partial charge in [0.15, 0.2) is 10.8 Å². The number of carbonyl (C=O) groups is 1. The first-order valence-electron chi connectivity index (χ1n) is 9.12. The van der Waals surface area contributed by atoms with Crippen molar-refractivity contribution in [1.82, 2.24) is 19.9 Å². The van der Waals surface area contributed by atoms with Crippen molar-refractivity contribution >= 4 is 32.7 Å². The van der Waals surface area contributed by atoms with E-state index in [4.69, 9.17) is 0 Å². The van der Waals surface area contributed by atoms with Gasteiger partial charge in [0.1, 0.15) is 17.6 Å². The van der Waals surface area contributed by atoms with Gasteiger partial charge in [0.25, 0.3) is 5.56 Å². The van der Waals surface area contributed by atoms with Crippen molar-refractivity contribution in [2.75, 3.05) is 18.0 Å². The first kappa shape index (κ1) is 17.7. The zero-order valence-electron chi connectivity index (χ0n) is 14.9. The van der Waals surface area contributed by atoms with Crippen molar-refractivity contribution < 1.29 is 4.79 Å². The van der Waals surface area contributed by atoms with E-state index in [1.54, 1.807) is 0 Å². The van der Waals surface area contributed by atoms with E-state index in [1.165, 1.54) is 28.7 Å². The summed E-state index contributed by atoms with van der Waals surface area (Å²) < 4.78 is 1.86. The standard InChI is InChI=1S/C19H21N5O2S/c25-15(20-11-14-7-3-1-4-8-14)12-24-13-21-17-16(18(24)26)27-19(22-17)23-9-5-2-6-10-23/h1,3-4,7-8,13H,2,5-6,9-12H2,(H,20,25). The second-order valence-corrected chi connectivity index (χ2v) is 7.61. The lowest BCUT2D eigenvalue weighted by atomic mass is 10.1. The molecule has 8 heteroatoms. The Hall–Kier alpha value is -2.74. The molecule has 0 aliphatic carbocycles. The zero-order chi connectivity index (χ0) is 18.6. The highest BCUT2D eigenvalue weighted by Crippen LogP contribution is 2.27. The molecule has 7 nitrogen and oxygen atoms in total. The summed E-state index contributed by atoms with van der Waals surface area (Å²) in [6.07, 6.45) is 4.95. The average molecular weight is 383 g/mol. The van der Waals surface area contributed by atoms with Gasteiger partial charge in [0, 0.05) is 19.6 Å². The van der Waals surface area contributed by atoms with Crippen LogP contribution in [0.25, 0.3) is 10.3 Å². The van der Waals surface area contributed by atoms with E-state index in [9.17, 15) is 9.59 Å². The Balaban J connectivity index is 1.48. The van der Waals surface area contributed by atoms with E-state index in [2.05, 4.69) is 20.2 Å². The number of hydrogen-bond acceptors (Lipinski definition) is 6. The molecule has 0 atom stereocenters. The minimum absolute atomic E-state index is 0.0500. The highest BCUT2D eigenvalue weighted by atomic mass is 32.1. The summed E-state index contributed by atoms with van der Waals surface area (Å²) in [4.78, 5) is 35.9. The van der Waals surface area contributed by atoms with E-state index < -0.39 is 0 Å². The maximum atomic E-state index is 12.7. The summed E-state index contributed by atoms with van der Waals surface area (Å²) in [6.45, 7) is 2.32. The van der Waals surface area contributed by atoms with Crippen LogP contribution in [0.3, 0.4) is 0 Å². The van der Waals surface area contributed by atoms with Crippen LogP contribution in [0.5, 0.6) is 0 Å². The van der Waals surface area contributed by atoms with Crippen LogP contribution in [-0.4, -0.2) is 33.5 Å². The minimum atomic E-state index is -0.220. The number of piperidine rings is 1. The third kappa shape index (κ3) is 4.00. The molecule has 0 unspecified atom stereocenters. The summed E-state index contributed by atoms with van der Waals surface area (Å²) in [5.41, 5.74) is 1.27. The molecule has 1 saturated heterocycles. The van der Waals surface area contributed by atoms with Crippen LogP contribution < -0.4 is 15.8 Å². The molecule has 1 aliphatic heterocycles. The number of carbonyl (C=O) groups excluding carboxylic acids is 1. The van der Waals surface area contributed by atoms with Gasteiger partial charge in [-0.05, 0) is 24.8 Å². The zero-order valence-corrected chi connectivity index (χ0v) is 15.7. The number of rotatable bonds is 5. The van der Waals surface area contributed by atoms with Crippen molar-refractivity contribution in [3.63, 3.8) is 0 Å². The molecule has 3 aromatic rings. The second kappa shape index (κ2) is 7.87. The number of hydrogen-bond donors (Lipinski definition) is 1. The fourth-order valence-corrected chi connectivity index (χ4v) is 4.20. The Morgan fingerprint density at radius 2 is 1.93 bits per heavy atom. The first-order valence-corrected chi connectivity index (χ1v) is 9.94. The maximum Gasteiger partial charge on any atom is 0.273 e. The van der Waals surface area contributed by atoms with E-state index in [0.29, 0.717) is 16.9 Å². The van der Waals surface area contributed by atoms with Gasteiger partial charge in [0.2, 0.25) is 5.91 Å². The summed E-state index contributed by atoms with van der Waals surface area (Å²) in [7, 11) is 0. The molecule has 0 saturated carbocycles. The second-order valence-electron chi connectivity index (χ2n) is 6.64. The van der Waals surface area contributed by atoms with Gasteiger partial charge in [-0.1, -0.05) is 41.7 Å². The molecule has 1 fully saturated rings. The number of benzene rings is 1. The maximum absolute atomic E-state index is 12.7. The van der Waals surface area contributed by atoms with Gasteiger partial charge < -0.3 is 10.2 Å². The van der Waals surface area contributed by atoms with Crippen LogP contribution in [0.2, 0.25) is 0 Å². The number of anilines is 1. The Morgan fingerprint density at radius 3 is 2.70 bits per heavy atom. The Kier molecular flexibility index (Phi) is 5.15. The van der Waals surface area contributed by atoms with Crippen molar-refractivity contribution in [3.8, 4) is 0 Å². The highest BCUT2D eigenvalue weighted by molar-refractivity contribution is 7.22. The number of thiazole rings is 1. The quantitative estimate of drug-likeness (QED) is 0.730. The third-order valence-corrected chi connectivity index (χ3v) is 5.74. The van der Waals surface area contributed by atoms with Crippen LogP contribution in [-0.2, 0) is 17.9 Å². The van der Waals surface area contributed by atoms with E-state index in [0.717, 1.165) is 36.6 Å². The summed E-state index contributed by atoms with van der Waals surface area (Å²) >= 11 is 1.37. The van der Waals surface area contributed by atoms with E-state index in [-0.39, 0.29) is 18.0 Å². The lowest BCUT2D eigenvalue weighted by Gasteiger charge is -2.25. The molecule has 1 aromatic carbocycles. The fourth-order valence-electron chi connectivity index (χ4n) is 3.18. The number of fused-ring (bicyclic) bond motifs is 1. The molecule has 27 heavy (non-hydrogen) atoms. The molecular formula is C19H21N5O2S. The fraction of sp³-hybridized carbons (Fsp3) is 0.368. The topological polar surface area (TPSA) is 80.1 Å². The van der Waals surface area contributed by atoms with Crippen molar-refractivity contribution in [3.05, 3.63) is 52.6 Å². The summed E-state index contributed by atoms with van der Waals surface area (Å²) in [6, 6.07) is 9.67. The summed E-state index contributed by atoms with van der Waals surface area (Å²) in [5, 5.41) is 3.68. The van der Waals surface area contributed by atoms with Crippen LogP contribution in [0.4, 0.5) is 5.13 Å². The van der Waals surface area contributed by atoms with Crippen molar-refractivity contribution in [2.24, 2.45) is 0 Å². The molecular weight excluding hydrogens is 362 g/mol. The molecule has 0 radical (unpaired) electrons. The molecule has 1 amide bonds. The lowest BCUT2D eigenvalue weighted by molar-refractivity contribution is -0.121. The van der Waals surface area contributed by atoms with Crippen molar-refractivity contribution in [1.29, 1.82) is 0 Å².